The van der Waals surface area contributed by atoms with Gasteiger partial charge in [-0.25, -0.2) is 4.98 Å². The van der Waals surface area contributed by atoms with E-state index in [1.54, 1.807) is 24.3 Å². The quantitative estimate of drug-likeness (QED) is 0.699. The van der Waals surface area contributed by atoms with E-state index >= 15 is 0 Å². The van der Waals surface area contributed by atoms with Gasteiger partial charge in [-0.2, -0.15) is 0 Å². The molecule has 7 heteroatoms. The van der Waals surface area contributed by atoms with E-state index in [9.17, 15) is 14.4 Å². The summed E-state index contributed by atoms with van der Waals surface area (Å²) < 4.78 is 0. The van der Waals surface area contributed by atoms with Gasteiger partial charge in [0.2, 0.25) is 5.91 Å². The SMILES string of the molecule is CN1CCc2c1nc1ccccc1c2NC(=O)CN1C(=O)c2ccccc2C1=O. The summed E-state index contributed by atoms with van der Waals surface area (Å²) in [6, 6.07) is 14.2. The lowest BCUT2D eigenvalue weighted by Crippen LogP contribution is -2.37. The Hall–Kier alpha value is -3.74. The maximum atomic E-state index is 12.8. The number of para-hydroxylation sites is 1. The lowest BCUT2D eigenvalue weighted by atomic mass is 10.1. The molecule has 2 aromatic carbocycles. The highest BCUT2D eigenvalue weighted by molar-refractivity contribution is 6.23. The normalized spacial score (nSPS) is 15.1. The van der Waals surface area contributed by atoms with Crippen LogP contribution >= 0.6 is 0 Å². The molecule has 0 spiro atoms. The van der Waals surface area contributed by atoms with Crippen LogP contribution in [0.1, 0.15) is 26.3 Å². The maximum Gasteiger partial charge on any atom is 0.262 e. The predicted octanol–water partition coefficient (Wildman–Crippen LogP) is 2.46. The standard InChI is InChI=1S/C22H18N4O3/c1-25-11-10-16-19(15-8-4-5-9-17(15)23-20(16)25)24-18(27)12-26-21(28)13-6-2-3-7-14(13)22(26)29/h2-9H,10-12H2,1H3,(H,23,24,27). The van der Waals surface area contributed by atoms with E-state index in [1.165, 1.54) is 0 Å². The Balaban J connectivity index is 1.46. The van der Waals surface area contributed by atoms with Gasteiger partial charge in [0.1, 0.15) is 12.4 Å². The van der Waals surface area contributed by atoms with Crippen LogP contribution in [0.15, 0.2) is 48.5 Å². The summed E-state index contributed by atoms with van der Waals surface area (Å²) in [6.45, 7) is 0.494. The Morgan fingerprint density at radius 3 is 2.41 bits per heavy atom. The fourth-order valence-electron chi connectivity index (χ4n) is 4.02. The molecular formula is C22H18N4O3. The zero-order chi connectivity index (χ0) is 20.1. The molecule has 0 fully saturated rings. The number of hydrogen-bond acceptors (Lipinski definition) is 5. The average Bonchev–Trinajstić information content (AvgIpc) is 3.21. The first kappa shape index (κ1) is 17.4. The first-order valence-electron chi connectivity index (χ1n) is 9.42. The zero-order valence-electron chi connectivity index (χ0n) is 15.8. The number of fused-ring (bicyclic) bond motifs is 3. The molecule has 3 aromatic rings. The number of amides is 3. The van der Waals surface area contributed by atoms with E-state index in [4.69, 9.17) is 4.98 Å². The first-order valence-corrected chi connectivity index (χ1v) is 9.42. The van der Waals surface area contributed by atoms with Crippen LogP contribution in [-0.2, 0) is 11.2 Å². The molecule has 0 saturated heterocycles. The number of hydrogen-bond donors (Lipinski definition) is 1. The zero-order valence-corrected chi connectivity index (χ0v) is 15.8. The Labute approximate surface area is 166 Å². The Kier molecular flexibility index (Phi) is 3.84. The van der Waals surface area contributed by atoms with Crippen LogP contribution in [0.5, 0.6) is 0 Å². The number of imide groups is 1. The molecule has 2 aliphatic heterocycles. The van der Waals surface area contributed by atoms with E-state index in [2.05, 4.69) is 10.2 Å². The molecule has 1 aromatic heterocycles. The molecule has 2 aliphatic rings. The minimum atomic E-state index is -0.440. The van der Waals surface area contributed by atoms with Crippen molar-refractivity contribution in [1.29, 1.82) is 0 Å². The van der Waals surface area contributed by atoms with Gasteiger partial charge in [-0.3, -0.25) is 19.3 Å². The van der Waals surface area contributed by atoms with Crippen LogP contribution in [0.3, 0.4) is 0 Å². The summed E-state index contributed by atoms with van der Waals surface area (Å²) in [5.74, 6) is -0.442. The Bertz CT molecular complexity index is 1170. The van der Waals surface area contributed by atoms with Gasteiger partial charge in [-0.15, -0.1) is 0 Å². The second kappa shape index (κ2) is 6.41. The van der Waals surface area contributed by atoms with E-state index in [0.717, 1.165) is 40.1 Å². The number of pyridine rings is 1. The highest BCUT2D eigenvalue weighted by atomic mass is 16.2. The van der Waals surface area contributed by atoms with Gasteiger partial charge >= 0.3 is 0 Å². The summed E-state index contributed by atoms with van der Waals surface area (Å²) >= 11 is 0. The van der Waals surface area contributed by atoms with E-state index < -0.39 is 17.7 Å². The molecule has 3 heterocycles. The van der Waals surface area contributed by atoms with Crippen LogP contribution in [0.4, 0.5) is 11.5 Å². The number of likely N-dealkylation sites (N-methyl/N-ethyl adjacent to an activating group) is 1. The Morgan fingerprint density at radius 2 is 1.69 bits per heavy atom. The molecule has 3 amide bonds. The van der Waals surface area contributed by atoms with Crippen molar-refractivity contribution < 1.29 is 14.4 Å². The van der Waals surface area contributed by atoms with Crippen molar-refractivity contribution in [1.82, 2.24) is 9.88 Å². The van der Waals surface area contributed by atoms with Gasteiger partial charge in [0.05, 0.1) is 22.3 Å². The number of nitrogens with one attached hydrogen (secondary N) is 1. The minimum absolute atomic E-state index is 0.326. The summed E-state index contributed by atoms with van der Waals surface area (Å²) in [4.78, 5) is 45.7. The number of rotatable bonds is 3. The number of carbonyl (C=O) groups is 3. The summed E-state index contributed by atoms with van der Waals surface area (Å²) in [7, 11) is 1.97. The van der Waals surface area contributed by atoms with Gasteiger partial charge in [0, 0.05) is 24.5 Å². The molecule has 0 unspecified atom stereocenters. The number of benzene rings is 2. The van der Waals surface area contributed by atoms with Crippen molar-refractivity contribution in [3.63, 3.8) is 0 Å². The van der Waals surface area contributed by atoms with Crippen molar-refractivity contribution in [3.8, 4) is 0 Å². The summed E-state index contributed by atoms with van der Waals surface area (Å²) in [5.41, 5.74) is 3.14. The van der Waals surface area contributed by atoms with Gasteiger partial charge in [-0.05, 0) is 24.6 Å². The highest BCUT2D eigenvalue weighted by Crippen LogP contribution is 2.36. The molecule has 144 valence electrons. The van der Waals surface area contributed by atoms with Crippen molar-refractivity contribution >= 4 is 40.1 Å². The van der Waals surface area contributed by atoms with Gasteiger partial charge in [-0.1, -0.05) is 30.3 Å². The van der Waals surface area contributed by atoms with Crippen LogP contribution in [0.2, 0.25) is 0 Å². The number of anilines is 2. The molecular weight excluding hydrogens is 368 g/mol. The minimum Gasteiger partial charge on any atom is -0.359 e. The number of aromatic nitrogens is 1. The van der Waals surface area contributed by atoms with Gasteiger partial charge < -0.3 is 10.2 Å². The third kappa shape index (κ3) is 2.66. The molecule has 0 saturated carbocycles. The summed E-state index contributed by atoms with van der Waals surface area (Å²) in [5, 5.41) is 3.79. The smallest absolute Gasteiger partial charge is 0.262 e. The second-order valence-corrected chi connectivity index (χ2v) is 7.27. The number of nitrogens with zero attached hydrogens (tertiary/aromatic N) is 3. The van der Waals surface area contributed by atoms with Gasteiger partial charge in [0.25, 0.3) is 11.8 Å². The lowest BCUT2D eigenvalue weighted by Gasteiger charge is -2.17. The van der Waals surface area contributed by atoms with Crippen LogP contribution < -0.4 is 10.2 Å². The topological polar surface area (TPSA) is 82.6 Å². The van der Waals surface area contributed by atoms with Crippen molar-refractivity contribution in [2.45, 2.75) is 6.42 Å². The molecule has 5 rings (SSSR count). The van der Waals surface area contributed by atoms with Crippen LogP contribution in [0, 0.1) is 0 Å². The Morgan fingerprint density at radius 1 is 1.03 bits per heavy atom. The second-order valence-electron chi connectivity index (χ2n) is 7.27. The highest BCUT2D eigenvalue weighted by Gasteiger charge is 2.36. The molecule has 1 N–H and O–H groups in total. The van der Waals surface area contributed by atoms with Crippen molar-refractivity contribution in [3.05, 3.63) is 65.2 Å². The summed E-state index contributed by atoms with van der Waals surface area (Å²) in [6.07, 6.45) is 0.770. The predicted molar refractivity (Wildman–Crippen MR) is 109 cm³/mol. The van der Waals surface area contributed by atoms with Gasteiger partial charge in [0.15, 0.2) is 0 Å². The maximum absolute atomic E-state index is 12.8. The van der Waals surface area contributed by atoms with Crippen molar-refractivity contribution in [2.24, 2.45) is 0 Å². The average molecular weight is 386 g/mol. The number of carbonyl (C=O) groups excluding carboxylic acids is 3. The first-order chi connectivity index (χ1) is 14.0. The molecule has 29 heavy (non-hydrogen) atoms. The largest absolute Gasteiger partial charge is 0.359 e. The van der Waals surface area contributed by atoms with Crippen LogP contribution in [-0.4, -0.2) is 47.7 Å². The lowest BCUT2D eigenvalue weighted by molar-refractivity contribution is -0.116. The third-order valence-electron chi connectivity index (χ3n) is 5.47. The van der Waals surface area contributed by atoms with Crippen molar-refractivity contribution in [2.75, 3.05) is 30.4 Å². The fraction of sp³-hybridized carbons (Fsp3) is 0.182. The third-order valence-corrected chi connectivity index (χ3v) is 5.47. The van der Waals surface area contributed by atoms with Crippen LogP contribution in [0.25, 0.3) is 10.9 Å². The molecule has 7 nitrogen and oxygen atoms in total. The van der Waals surface area contributed by atoms with E-state index in [1.807, 2.05) is 31.3 Å². The molecule has 0 atom stereocenters. The molecule has 0 bridgehead atoms. The monoisotopic (exact) mass is 386 g/mol. The van der Waals surface area contributed by atoms with E-state index in [-0.39, 0.29) is 6.54 Å². The fourth-order valence-corrected chi connectivity index (χ4v) is 4.02. The van der Waals surface area contributed by atoms with E-state index in [0.29, 0.717) is 16.8 Å². The molecule has 0 radical (unpaired) electrons. The molecule has 0 aliphatic carbocycles.